The molecule has 0 spiro atoms. The molecule has 15 heavy (non-hydrogen) atoms. The molecule has 0 bridgehead atoms. The van der Waals surface area contributed by atoms with E-state index in [2.05, 4.69) is 21.7 Å². The van der Waals surface area contributed by atoms with Gasteiger partial charge in [0.1, 0.15) is 12.2 Å². The van der Waals surface area contributed by atoms with Gasteiger partial charge in [0.2, 0.25) is 0 Å². The molecule has 1 heterocycles. The van der Waals surface area contributed by atoms with Crippen LogP contribution in [-0.4, -0.2) is 20.3 Å². The van der Waals surface area contributed by atoms with E-state index in [4.69, 9.17) is 5.73 Å². The van der Waals surface area contributed by atoms with Crippen LogP contribution in [0.1, 0.15) is 44.9 Å². The van der Waals surface area contributed by atoms with Crippen LogP contribution in [0.4, 0.5) is 0 Å². The fourth-order valence-electron chi connectivity index (χ4n) is 2.41. The molecule has 2 rings (SSSR count). The highest BCUT2D eigenvalue weighted by Crippen LogP contribution is 2.29. The molecule has 1 aromatic rings. The third-order valence-corrected chi connectivity index (χ3v) is 3.27. The Kier molecular flexibility index (Phi) is 3.05. The minimum Gasteiger partial charge on any atom is -0.325 e. The van der Waals surface area contributed by atoms with E-state index in [-0.39, 0.29) is 5.54 Å². The van der Waals surface area contributed by atoms with E-state index in [1.807, 2.05) is 6.33 Å². The molecule has 0 saturated heterocycles. The minimum absolute atomic E-state index is 0.0154. The van der Waals surface area contributed by atoms with E-state index in [0.29, 0.717) is 0 Å². The maximum atomic E-state index is 6.33. The van der Waals surface area contributed by atoms with Gasteiger partial charge in [-0.05, 0) is 19.3 Å². The van der Waals surface area contributed by atoms with Gasteiger partial charge in [0.15, 0.2) is 0 Å². The fourth-order valence-corrected chi connectivity index (χ4v) is 2.41. The van der Waals surface area contributed by atoms with E-state index >= 15 is 0 Å². The molecule has 0 aromatic carbocycles. The largest absolute Gasteiger partial charge is 0.325 e. The number of aromatic nitrogens is 3. The molecule has 1 aliphatic rings. The van der Waals surface area contributed by atoms with Gasteiger partial charge in [-0.2, -0.15) is 0 Å². The summed E-state index contributed by atoms with van der Waals surface area (Å²) < 4.78 is 2.13. The molecule has 0 aliphatic heterocycles. The van der Waals surface area contributed by atoms with Crippen LogP contribution >= 0.6 is 0 Å². The standard InChI is InChI=1S/C11H20N4/c1-2-7-15-9-13-14-10(15)8-11(12)5-3-4-6-11/h9H,2-8,12H2,1H3. The number of rotatable bonds is 4. The maximum absolute atomic E-state index is 6.33. The summed E-state index contributed by atoms with van der Waals surface area (Å²) >= 11 is 0. The molecule has 1 aromatic heterocycles. The van der Waals surface area contributed by atoms with Crippen LogP contribution in [0.25, 0.3) is 0 Å². The summed E-state index contributed by atoms with van der Waals surface area (Å²) in [5, 5.41) is 8.15. The van der Waals surface area contributed by atoms with Gasteiger partial charge < -0.3 is 10.3 Å². The first-order chi connectivity index (χ1) is 7.23. The van der Waals surface area contributed by atoms with E-state index in [9.17, 15) is 0 Å². The summed E-state index contributed by atoms with van der Waals surface area (Å²) in [4.78, 5) is 0. The summed E-state index contributed by atoms with van der Waals surface area (Å²) in [6.45, 7) is 3.16. The van der Waals surface area contributed by atoms with E-state index in [1.165, 1.54) is 12.8 Å². The molecular formula is C11H20N4. The third-order valence-electron chi connectivity index (χ3n) is 3.27. The van der Waals surface area contributed by atoms with Crippen molar-refractivity contribution < 1.29 is 0 Å². The number of nitrogens with zero attached hydrogens (tertiary/aromatic N) is 3. The van der Waals surface area contributed by atoms with Gasteiger partial charge in [0.05, 0.1) is 0 Å². The monoisotopic (exact) mass is 208 g/mol. The zero-order valence-corrected chi connectivity index (χ0v) is 9.45. The Morgan fingerprint density at radius 2 is 2.20 bits per heavy atom. The summed E-state index contributed by atoms with van der Waals surface area (Å²) in [7, 11) is 0. The van der Waals surface area contributed by atoms with Gasteiger partial charge in [0.25, 0.3) is 0 Å². The second-order valence-electron chi connectivity index (χ2n) is 4.69. The van der Waals surface area contributed by atoms with E-state index in [1.54, 1.807) is 0 Å². The third kappa shape index (κ3) is 2.37. The Hall–Kier alpha value is -0.900. The first-order valence-corrected chi connectivity index (χ1v) is 5.89. The van der Waals surface area contributed by atoms with Crippen molar-refractivity contribution in [3.63, 3.8) is 0 Å². The lowest BCUT2D eigenvalue weighted by molar-refractivity contribution is 0.416. The van der Waals surface area contributed by atoms with Gasteiger partial charge in [-0.3, -0.25) is 0 Å². The highest BCUT2D eigenvalue weighted by atomic mass is 15.3. The molecule has 0 atom stereocenters. The Balaban J connectivity index is 2.06. The predicted molar refractivity (Wildman–Crippen MR) is 59.4 cm³/mol. The molecule has 84 valence electrons. The average Bonchev–Trinajstić information content (AvgIpc) is 2.78. The smallest absolute Gasteiger partial charge is 0.134 e. The quantitative estimate of drug-likeness (QED) is 0.815. The van der Waals surface area contributed by atoms with Crippen LogP contribution in [0, 0.1) is 0 Å². The van der Waals surface area contributed by atoms with Gasteiger partial charge >= 0.3 is 0 Å². The highest BCUT2D eigenvalue weighted by molar-refractivity contribution is 5.00. The topological polar surface area (TPSA) is 56.7 Å². The molecule has 1 saturated carbocycles. The van der Waals surface area contributed by atoms with Gasteiger partial charge in [-0.25, -0.2) is 0 Å². The first kappa shape index (κ1) is 10.6. The summed E-state index contributed by atoms with van der Waals surface area (Å²) in [5.74, 6) is 1.06. The summed E-state index contributed by atoms with van der Waals surface area (Å²) in [6.07, 6.45) is 8.60. The molecule has 0 radical (unpaired) electrons. The lowest BCUT2D eigenvalue weighted by Crippen LogP contribution is -2.39. The number of hydrogen-bond acceptors (Lipinski definition) is 3. The van der Waals surface area contributed by atoms with Crippen molar-refractivity contribution in [3.05, 3.63) is 12.2 Å². The molecule has 0 unspecified atom stereocenters. The second kappa shape index (κ2) is 4.31. The SMILES string of the molecule is CCCn1cnnc1CC1(N)CCCC1. The molecule has 0 amide bonds. The molecular weight excluding hydrogens is 188 g/mol. The molecule has 1 aliphatic carbocycles. The Morgan fingerprint density at radius 1 is 1.47 bits per heavy atom. The summed E-state index contributed by atoms with van der Waals surface area (Å²) in [5.41, 5.74) is 6.32. The number of aryl methyl sites for hydroxylation is 1. The molecule has 1 fully saturated rings. The minimum atomic E-state index is -0.0154. The Labute approximate surface area is 90.9 Å². The molecule has 2 N–H and O–H groups in total. The van der Waals surface area contributed by atoms with Crippen LogP contribution in [0.2, 0.25) is 0 Å². The van der Waals surface area contributed by atoms with Crippen molar-refractivity contribution in [2.45, 2.75) is 57.5 Å². The number of nitrogens with two attached hydrogens (primary N) is 1. The summed E-state index contributed by atoms with van der Waals surface area (Å²) in [6, 6.07) is 0. The van der Waals surface area contributed by atoms with Gasteiger partial charge in [-0.15, -0.1) is 10.2 Å². The zero-order valence-electron chi connectivity index (χ0n) is 9.45. The zero-order chi connectivity index (χ0) is 10.7. The predicted octanol–water partition coefficient (Wildman–Crippen LogP) is 1.50. The maximum Gasteiger partial charge on any atom is 0.134 e. The van der Waals surface area contributed by atoms with E-state index < -0.39 is 0 Å². The van der Waals surface area contributed by atoms with Crippen molar-refractivity contribution in [1.82, 2.24) is 14.8 Å². The van der Waals surface area contributed by atoms with Gasteiger partial charge in [-0.1, -0.05) is 19.8 Å². The van der Waals surface area contributed by atoms with Crippen molar-refractivity contribution in [1.29, 1.82) is 0 Å². The molecule has 4 heteroatoms. The van der Waals surface area contributed by atoms with Crippen molar-refractivity contribution in [3.8, 4) is 0 Å². The van der Waals surface area contributed by atoms with Crippen molar-refractivity contribution in [2.75, 3.05) is 0 Å². The van der Waals surface area contributed by atoms with E-state index in [0.717, 1.165) is 38.1 Å². The lowest BCUT2D eigenvalue weighted by atomic mass is 9.94. The van der Waals surface area contributed by atoms with Crippen LogP contribution in [0.15, 0.2) is 6.33 Å². The lowest BCUT2D eigenvalue weighted by Gasteiger charge is -2.22. The fraction of sp³-hybridized carbons (Fsp3) is 0.818. The molecule has 4 nitrogen and oxygen atoms in total. The van der Waals surface area contributed by atoms with Crippen LogP contribution in [-0.2, 0) is 13.0 Å². The normalized spacial score (nSPS) is 19.6. The van der Waals surface area contributed by atoms with Crippen molar-refractivity contribution in [2.24, 2.45) is 5.73 Å². The highest BCUT2D eigenvalue weighted by Gasteiger charge is 2.31. The number of hydrogen-bond donors (Lipinski definition) is 1. The van der Waals surface area contributed by atoms with Crippen molar-refractivity contribution >= 4 is 0 Å². The van der Waals surface area contributed by atoms with Crippen LogP contribution in [0.5, 0.6) is 0 Å². The Morgan fingerprint density at radius 3 is 2.87 bits per heavy atom. The first-order valence-electron chi connectivity index (χ1n) is 5.89. The van der Waals surface area contributed by atoms with Crippen LogP contribution in [0.3, 0.4) is 0 Å². The average molecular weight is 208 g/mol. The van der Waals surface area contributed by atoms with Crippen LogP contribution < -0.4 is 5.73 Å². The van der Waals surface area contributed by atoms with Gasteiger partial charge in [0, 0.05) is 18.5 Å². The second-order valence-corrected chi connectivity index (χ2v) is 4.69. The Bertz CT molecular complexity index is 312.